The molecule has 0 spiro atoms. The number of anilines is 1. The topological polar surface area (TPSA) is 47.0 Å². The molecule has 1 aliphatic carbocycles. The summed E-state index contributed by atoms with van der Waals surface area (Å²) in [6.45, 7) is 6.20. The molecule has 18 heavy (non-hydrogen) atoms. The quantitative estimate of drug-likeness (QED) is 0.894. The largest absolute Gasteiger partial charge is 0.474 e. The summed E-state index contributed by atoms with van der Waals surface area (Å²) in [6, 6.07) is 0. The Morgan fingerprint density at radius 3 is 2.67 bits per heavy atom. The summed E-state index contributed by atoms with van der Waals surface area (Å²) in [5.41, 5.74) is 1.00. The van der Waals surface area contributed by atoms with E-state index in [-0.39, 0.29) is 0 Å². The molecular weight excluding hydrogens is 226 g/mol. The summed E-state index contributed by atoms with van der Waals surface area (Å²) in [4.78, 5) is 8.78. The monoisotopic (exact) mass is 249 g/mol. The Morgan fingerprint density at radius 2 is 2.00 bits per heavy atom. The first kappa shape index (κ1) is 13.1. The Kier molecular flexibility index (Phi) is 4.04. The van der Waals surface area contributed by atoms with Gasteiger partial charge in [-0.1, -0.05) is 13.3 Å². The molecule has 2 unspecified atom stereocenters. The first-order valence-electron chi connectivity index (χ1n) is 6.79. The van der Waals surface area contributed by atoms with Crippen LogP contribution in [0.1, 0.15) is 44.0 Å². The normalized spacial score (nSPS) is 23.8. The molecule has 2 rings (SSSR count). The van der Waals surface area contributed by atoms with Crippen molar-refractivity contribution in [2.75, 3.05) is 12.4 Å². The number of hydrogen-bond acceptors (Lipinski definition) is 4. The smallest absolute Gasteiger partial charge is 0.222 e. The van der Waals surface area contributed by atoms with Gasteiger partial charge in [-0.05, 0) is 39.0 Å². The molecule has 0 saturated heterocycles. The molecule has 1 heterocycles. The molecule has 0 aliphatic heterocycles. The van der Waals surface area contributed by atoms with Crippen molar-refractivity contribution < 1.29 is 4.74 Å². The van der Waals surface area contributed by atoms with E-state index in [1.54, 1.807) is 0 Å². The number of aryl methyl sites for hydroxylation is 1. The van der Waals surface area contributed by atoms with Crippen molar-refractivity contribution in [3.8, 4) is 5.88 Å². The number of nitrogens with zero attached hydrogens (tertiary/aromatic N) is 2. The fourth-order valence-electron chi connectivity index (χ4n) is 2.60. The first-order valence-corrected chi connectivity index (χ1v) is 6.79. The molecule has 1 aromatic rings. The average molecular weight is 249 g/mol. The number of ether oxygens (including phenoxy) is 1. The van der Waals surface area contributed by atoms with Crippen LogP contribution >= 0.6 is 0 Å². The average Bonchev–Trinajstić information content (AvgIpc) is 2.33. The van der Waals surface area contributed by atoms with Gasteiger partial charge in [0, 0.05) is 7.05 Å². The van der Waals surface area contributed by atoms with Gasteiger partial charge < -0.3 is 10.1 Å². The van der Waals surface area contributed by atoms with Gasteiger partial charge in [0.25, 0.3) is 0 Å². The van der Waals surface area contributed by atoms with Gasteiger partial charge >= 0.3 is 0 Å². The van der Waals surface area contributed by atoms with Crippen LogP contribution in [0.15, 0.2) is 0 Å². The van der Waals surface area contributed by atoms with E-state index < -0.39 is 0 Å². The summed E-state index contributed by atoms with van der Waals surface area (Å²) in [7, 11) is 1.88. The molecule has 1 aliphatic rings. The molecule has 4 heteroatoms. The lowest BCUT2D eigenvalue weighted by molar-refractivity contribution is 0.122. The van der Waals surface area contributed by atoms with Crippen LogP contribution in [-0.2, 0) is 0 Å². The SMILES string of the molecule is CNc1nc(C)nc(OC2CCCC(C)C2)c1C. The van der Waals surface area contributed by atoms with Crippen LogP contribution in [0, 0.1) is 19.8 Å². The fourth-order valence-corrected chi connectivity index (χ4v) is 2.60. The van der Waals surface area contributed by atoms with E-state index in [0.29, 0.717) is 6.10 Å². The van der Waals surface area contributed by atoms with E-state index in [2.05, 4.69) is 22.2 Å². The van der Waals surface area contributed by atoms with Gasteiger partial charge in [0.05, 0.1) is 5.56 Å². The molecule has 1 saturated carbocycles. The lowest BCUT2D eigenvalue weighted by Crippen LogP contribution is -2.25. The van der Waals surface area contributed by atoms with Crippen LogP contribution in [0.25, 0.3) is 0 Å². The third kappa shape index (κ3) is 2.92. The highest BCUT2D eigenvalue weighted by Gasteiger charge is 2.22. The Hall–Kier alpha value is -1.32. The molecule has 1 aromatic heterocycles. The van der Waals surface area contributed by atoms with Gasteiger partial charge in [0.2, 0.25) is 5.88 Å². The number of rotatable bonds is 3. The minimum atomic E-state index is 0.312. The van der Waals surface area contributed by atoms with Crippen molar-refractivity contribution in [3.63, 3.8) is 0 Å². The maximum Gasteiger partial charge on any atom is 0.222 e. The molecule has 2 atom stereocenters. The van der Waals surface area contributed by atoms with E-state index in [4.69, 9.17) is 4.74 Å². The summed E-state index contributed by atoms with van der Waals surface area (Å²) < 4.78 is 6.09. The van der Waals surface area contributed by atoms with Crippen molar-refractivity contribution in [3.05, 3.63) is 11.4 Å². The van der Waals surface area contributed by atoms with Gasteiger partial charge in [-0.3, -0.25) is 0 Å². The van der Waals surface area contributed by atoms with Gasteiger partial charge in [-0.25, -0.2) is 4.98 Å². The van der Waals surface area contributed by atoms with E-state index in [9.17, 15) is 0 Å². The highest BCUT2D eigenvalue weighted by molar-refractivity contribution is 5.47. The predicted molar refractivity (Wildman–Crippen MR) is 73.1 cm³/mol. The van der Waals surface area contributed by atoms with Crippen LogP contribution in [0.2, 0.25) is 0 Å². The maximum atomic E-state index is 6.09. The second-order valence-electron chi connectivity index (χ2n) is 5.31. The molecule has 0 amide bonds. The minimum Gasteiger partial charge on any atom is -0.474 e. The Morgan fingerprint density at radius 1 is 1.22 bits per heavy atom. The molecule has 1 N–H and O–H groups in total. The van der Waals surface area contributed by atoms with Gasteiger partial charge in [-0.15, -0.1) is 0 Å². The molecule has 100 valence electrons. The second kappa shape index (κ2) is 5.55. The zero-order valence-corrected chi connectivity index (χ0v) is 11.8. The minimum absolute atomic E-state index is 0.312. The van der Waals surface area contributed by atoms with Crippen molar-refractivity contribution >= 4 is 5.82 Å². The van der Waals surface area contributed by atoms with E-state index >= 15 is 0 Å². The van der Waals surface area contributed by atoms with Gasteiger partial charge in [0.1, 0.15) is 17.7 Å². The van der Waals surface area contributed by atoms with Crippen molar-refractivity contribution in [1.29, 1.82) is 0 Å². The molecule has 0 bridgehead atoms. The molecular formula is C14H23N3O. The molecule has 0 aromatic carbocycles. The molecule has 4 nitrogen and oxygen atoms in total. The fraction of sp³-hybridized carbons (Fsp3) is 0.714. The van der Waals surface area contributed by atoms with Crippen molar-refractivity contribution in [1.82, 2.24) is 9.97 Å². The zero-order chi connectivity index (χ0) is 13.1. The van der Waals surface area contributed by atoms with Crippen LogP contribution in [0.4, 0.5) is 5.82 Å². The number of hydrogen-bond donors (Lipinski definition) is 1. The summed E-state index contributed by atoms with van der Waals surface area (Å²) in [5.74, 6) is 3.12. The Labute approximate surface area is 109 Å². The zero-order valence-electron chi connectivity index (χ0n) is 11.8. The van der Waals surface area contributed by atoms with Gasteiger partial charge in [-0.2, -0.15) is 4.98 Å². The van der Waals surface area contributed by atoms with Gasteiger partial charge in [0.15, 0.2) is 0 Å². The predicted octanol–water partition coefficient (Wildman–Crippen LogP) is 3.09. The van der Waals surface area contributed by atoms with Crippen LogP contribution in [0.5, 0.6) is 5.88 Å². The van der Waals surface area contributed by atoms with Crippen LogP contribution in [0.3, 0.4) is 0 Å². The third-order valence-electron chi connectivity index (χ3n) is 3.62. The standard InChI is InChI=1S/C14H23N3O/c1-9-6-5-7-12(8-9)18-14-10(2)13(15-4)16-11(3)17-14/h9,12H,5-8H2,1-4H3,(H,15,16,17). The van der Waals surface area contributed by atoms with E-state index in [1.807, 2.05) is 20.9 Å². The number of aromatic nitrogens is 2. The Bertz CT molecular complexity index is 420. The molecule has 0 radical (unpaired) electrons. The first-order chi connectivity index (χ1) is 8.60. The van der Waals surface area contributed by atoms with E-state index in [1.165, 1.54) is 12.8 Å². The van der Waals surface area contributed by atoms with E-state index in [0.717, 1.165) is 41.8 Å². The van der Waals surface area contributed by atoms with Crippen molar-refractivity contribution in [2.45, 2.75) is 52.6 Å². The second-order valence-corrected chi connectivity index (χ2v) is 5.31. The molecule has 1 fully saturated rings. The Balaban J connectivity index is 2.15. The summed E-state index contributed by atoms with van der Waals surface area (Å²) in [6.07, 6.45) is 5.17. The third-order valence-corrected chi connectivity index (χ3v) is 3.62. The number of nitrogens with one attached hydrogen (secondary N) is 1. The van der Waals surface area contributed by atoms with Crippen molar-refractivity contribution in [2.24, 2.45) is 5.92 Å². The van der Waals surface area contributed by atoms with Crippen LogP contribution < -0.4 is 10.1 Å². The maximum absolute atomic E-state index is 6.09. The van der Waals surface area contributed by atoms with Crippen LogP contribution in [-0.4, -0.2) is 23.1 Å². The lowest BCUT2D eigenvalue weighted by Gasteiger charge is -2.27. The highest BCUT2D eigenvalue weighted by atomic mass is 16.5. The summed E-state index contributed by atoms with van der Waals surface area (Å²) >= 11 is 0. The highest BCUT2D eigenvalue weighted by Crippen LogP contribution is 2.29. The summed E-state index contributed by atoms with van der Waals surface area (Å²) in [5, 5.41) is 3.09. The lowest BCUT2D eigenvalue weighted by atomic mass is 9.89.